The van der Waals surface area contributed by atoms with Gasteiger partial charge in [-0.05, 0) is 17.2 Å². The van der Waals surface area contributed by atoms with Crippen LogP contribution in [0.4, 0.5) is 0 Å². The highest BCUT2D eigenvalue weighted by Gasteiger charge is 2.20. The van der Waals surface area contributed by atoms with Crippen LogP contribution in [0.3, 0.4) is 0 Å². The van der Waals surface area contributed by atoms with E-state index in [4.69, 9.17) is 0 Å². The second-order valence-corrected chi connectivity index (χ2v) is 5.38. The van der Waals surface area contributed by atoms with Gasteiger partial charge in [0, 0.05) is 23.9 Å². The van der Waals surface area contributed by atoms with Gasteiger partial charge in [0.15, 0.2) is 0 Å². The van der Waals surface area contributed by atoms with E-state index in [9.17, 15) is 0 Å². The zero-order valence-corrected chi connectivity index (χ0v) is 10.5. The lowest BCUT2D eigenvalue weighted by Gasteiger charge is -2.19. The zero-order chi connectivity index (χ0) is 12.4. The van der Waals surface area contributed by atoms with Crippen LogP contribution in [-0.4, -0.2) is 0 Å². The van der Waals surface area contributed by atoms with Crippen LogP contribution in [-0.2, 0) is 0 Å². The molecular formula is C19H12. The maximum atomic E-state index is 2.35. The molecule has 0 spiro atoms. The van der Waals surface area contributed by atoms with Gasteiger partial charge in [-0.2, -0.15) is 0 Å². The summed E-state index contributed by atoms with van der Waals surface area (Å²) in [6.07, 6.45) is 5.72. The molecule has 0 heterocycles. The first-order valence-electron chi connectivity index (χ1n) is 6.79. The molecule has 88 valence electrons. The molecule has 0 N–H and O–H groups in total. The number of rotatable bonds is 0. The van der Waals surface area contributed by atoms with E-state index in [0.29, 0.717) is 0 Å². The molecular weight excluding hydrogens is 228 g/mol. The highest BCUT2D eigenvalue weighted by molar-refractivity contribution is 6.25. The van der Waals surface area contributed by atoms with Crippen LogP contribution in [0.15, 0.2) is 48.5 Å². The van der Waals surface area contributed by atoms with Crippen molar-refractivity contribution in [2.75, 3.05) is 0 Å². The van der Waals surface area contributed by atoms with E-state index in [0.717, 1.165) is 6.42 Å². The Morgan fingerprint density at radius 2 is 1.58 bits per heavy atom. The highest BCUT2D eigenvalue weighted by atomic mass is 14.2. The molecule has 5 rings (SSSR count). The molecule has 0 aliphatic heterocycles. The van der Waals surface area contributed by atoms with E-state index in [1.165, 1.54) is 43.4 Å². The Bertz CT molecular complexity index is 931. The second-order valence-electron chi connectivity index (χ2n) is 5.38. The molecule has 0 amide bonds. The van der Waals surface area contributed by atoms with Crippen molar-refractivity contribution in [3.05, 3.63) is 72.5 Å². The van der Waals surface area contributed by atoms with E-state index in [1.807, 2.05) is 0 Å². The molecule has 0 atom stereocenters. The first-order valence-corrected chi connectivity index (χ1v) is 6.79. The SMILES string of the molecule is c1cc2ccc3ccc4c5c(cc(c1)c2c35)[CH-]C[CH+]4. The first-order chi connectivity index (χ1) is 9.42. The van der Waals surface area contributed by atoms with E-state index < -0.39 is 0 Å². The van der Waals surface area contributed by atoms with E-state index in [1.54, 1.807) is 0 Å². The molecule has 0 unspecified atom stereocenters. The smallest absolute Gasteiger partial charge is 0.135 e. The largest absolute Gasteiger partial charge is 0.142 e. The Labute approximate surface area is 112 Å². The van der Waals surface area contributed by atoms with Gasteiger partial charge in [0.05, 0.1) is 10.8 Å². The van der Waals surface area contributed by atoms with Crippen LogP contribution in [0.2, 0.25) is 0 Å². The van der Waals surface area contributed by atoms with Gasteiger partial charge in [-0.3, -0.25) is 0 Å². The fourth-order valence-electron chi connectivity index (χ4n) is 3.55. The predicted molar refractivity (Wildman–Crippen MR) is 81.6 cm³/mol. The fraction of sp³-hybridized carbons (Fsp3) is 0.0526. The van der Waals surface area contributed by atoms with Gasteiger partial charge in [-0.25, -0.2) is 0 Å². The summed E-state index contributed by atoms with van der Waals surface area (Å²) in [6, 6.07) is 18.0. The molecule has 4 aromatic carbocycles. The van der Waals surface area contributed by atoms with Crippen molar-refractivity contribution in [1.82, 2.24) is 0 Å². The summed E-state index contributed by atoms with van der Waals surface area (Å²) in [5.74, 6) is 0. The maximum absolute atomic E-state index is 2.35. The van der Waals surface area contributed by atoms with E-state index in [2.05, 4.69) is 61.4 Å². The van der Waals surface area contributed by atoms with Crippen LogP contribution in [0.5, 0.6) is 0 Å². The summed E-state index contributed by atoms with van der Waals surface area (Å²) >= 11 is 0. The third-order valence-electron chi connectivity index (χ3n) is 4.37. The molecule has 0 fully saturated rings. The van der Waals surface area contributed by atoms with Gasteiger partial charge in [0.25, 0.3) is 0 Å². The summed E-state index contributed by atoms with van der Waals surface area (Å²) in [5, 5.41) is 8.36. The molecule has 0 saturated heterocycles. The minimum absolute atomic E-state index is 1.04. The summed E-state index contributed by atoms with van der Waals surface area (Å²) in [5.41, 5.74) is 2.79. The topological polar surface area (TPSA) is 0 Å². The maximum Gasteiger partial charge on any atom is 0.135 e. The molecule has 0 nitrogen and oxygen atoms in total. The monoisotopic (exact) mass is 240 g/mol. The summed E-state index contributed by atoms with van der Waals surface area (Å²) in [6.45, 7) is 0. The van der Waals surface area contributed by atoms with Gasteiger partial charge in [-0.15, -0.1) is 12.5 Å². The minimum atomic E-state index is 1.04. The Hall–Kier alpha value is -2.34. The lowest BCUT2D eigenvalue weighted by molar-refractivity contribution is 1.14. The average molecular weight is 240 g/mol. The van der Waals surface area contributed by atoms with E-state index >= 15 is 0 Å². The first kappa shape index (κ1) is 9.57. The molecule has 0 aromatic heterocycles. The molecule has 1 aliphatic rings. The van der Waals surface area contributed by atoms with Crippen molar-refractivity contribution in [3.8, 4) is 0 Å². The normalized spacial score (nSPS) is 13.9. The molecule has 0 saturated carbocycles. The van der Waals surface area contributed by atoms with Crippen molar-refractivity contribution in [1.29, 1.82) is 0 Å². The van der Waals surface area contributed by atoms with E-state index in [-0.39, 0.29) is 0 Å². The quantitative estimate of drug-likeness (QED) is 0.296. The molecule has 4 aromatic rings. The fourth-order valence-corrected chi connectivity index (χ4v) is 3.55. The summed E-state index contributed by atoms with van der Waals surface area (Å²) in [4.78, 5) is 0. The standard InChI is InChI=1S/C19H12/c1-3-12-7-9-14-10-8-13-4-2-6-16-11-15(5-1)17(12)19(14)18(13)16/h1,3-11H,2H2. The van der Waals surface area contributed by atoms with Gasteiger partial charge in [0.2, 0.25) is 0 Å². The Kier molecular flexibility index (Phi) is 1.59. The van der Waals surface area contributed by atoms with Crippen molar-refractivity contribution < 1.29 is 0 Å². The molecule has 0 bridgehead atoms. The highest BCUT2D eigenvalue weighted by Crippen LogP contribution is 2.41. The molecule has 19 heavy (non-hydrogen) atoms. The predicted octanol–water partition coefficient (Wildman–Crippen LogP) is 5.09. The molecule has 0 radical (unpaired) electrons. The lowest BCUT2D eigenvalue weighted by atomic mass is 9.83. The number of benzene rings is 4. The van der Waals surface area contributed by atoms with Crippen LogP contribution in [0.1, 0.15) is 17.5 Å². The number of hydrogen-bond acceptors (Lipinski definition) is 0. The van der Waals surface area contributed by atoms with Gasteiger partial charge >= 0.3 is 0 Å². The van der Waals surface area contributed by atoms with Crippen LogP contribution < -0.4 is 0 Å². The molecule has 0 heteroatoms. The minimum Gasteiger partial charge on any atom is -0.142 e. The Morgan fingerprint density at radius 1 is 0.789 bits per heavy atom. The molecule has 1 aliphatic carbocycles. The Balaban J connectivity index is 2.21. The van der Waals surface area contributed by atoms with Crippen LogP contribution in [0.25, 0.3) is 32.3 Å². The zero-order valence-electron chi connectivity index (χ0n) is 10.5. The second kappa shape index (κ2) is 3.16. The van der Waals surface area contributed by atoms with Crippen LogP contribution in [0, 0.1) is 12.8 Å². The van der Waals surface area contributed by atoms with Gasteiger partial charge in [0.1, 0.15) is 5.56 Å². The van der Waals surface area contributed by atoms with Crippen molar-refractivity contribution in [3.63, 3.8) is 0 Å². The Morgan fingerprint density at radius 3 is 2.53 bits per heavy atom. The number of hydrogen-bond donors (Lipinski definition) is 0. The average Bonchev–Trinajstić information content (AvgIpc) is 2.47. The van der Waals surface area contributed by atoms with Crippen molar-refractivity contribution >= 4 is 32.3 Å². The lowest BCUT2D eigenvalue weighted by Crippen LogP contribution is -1.99. The third kappa shape index (κ3) is 1.09. The van der Waals surface area contributed by atoms with Crippen LogP contribution >= 0.6 is 0 Å². The van der Waals surface area contributed by atoms with Gasteiger partial charge < -0.3 is 0 Å². The summed E-state index contributed by atoms with van der Waals surface area (Å²) in [7, 11) is 0. The van der Waals surface area contributed by atoms with Crippen molar-refractivity contribution in [2.45, 2.75) is 6.42 Å². The summed E-state index contributed by atoms with van der Waals surface area (Å²) < 4.78 is 0. The van der Waals surface area contributed by atoms with Gasteiger partial charge in [-0.1, -0.05) is 41.3 Å². The van der Waals surface area contributed by atoms with Crippen molar-refractivity contribution in [2.24, 2.45) is 0 Å². The third-order valence-corrected chi connectivity index (χ3v) is 4.37.